The Balaban J connectivity index is 0. The summed E-state index contributed by atoms with van der Waals surface area (Å²) in [6, 6.07) is 0. The third kappa shape index (κ3) is 26.4. The maximum Gasteiger partial charge on any atom is 1.00 e. The fraction of sp³-hybridized carbons (Fsp3) is 0. The highest BCUT2D eigenvalue weighted by atomic mass is 32.1. The molecule has 0 amide bonds. The molecule has 5 heteroatoms. The van der Waals surface area contributed by atoms with Crippen LogP contribution in [0, 0.1) is 0 Å². The highest BCUT2D eigenvalue weighted by Gasteiger charge is -2.00. The maximum atomic E-state index is 0. The predicted molar refractivity (Wildman–Crippen MR) is 47.9 cm³/mol. The van der Waals surface area contributed by atoms with Gasteiger partial charge in [0.1, 0.15) is 0 Å². The molecule has 0 rings (SSSR count). The lowest BCUT2D eigenvalue weighted by Crippen LogP contribution is -0.00340. The van der Waals surface area contributed by atoms with Crippen LogP contribution in [0.2, 0.25) is 0 Å². The standard InChI is InChI=1S/5S/q5*-2/p+10. The molecule has 0 aromatic heterocycles. The Morgan fingerprint density at radius 2 is 0.400 bits per heavy atom. The Morgan fingerprint density at radius 1 is 0.400 bits per heavy atom. The Morgan fingerprint density at radius 3 is 0.400 bits per heavy atom. The van der Waals surface area contributed by atoms with Crippen molar-refractivity contribution in [2.75, 3.05) is 0 Å². The Kier molecular flexibility index (Phi) is 617. The van der Waals surface area contributed by atoms with Crippen molar-refractivity contribution in [3.05, 3.63) is 0 Å². The first-order valence-corrected chi connectivity index (χ1v) is 0. The first kappa shape index (κ1) is 72.9. The molecule has 0 bridgehead atoms. The van der Waals surface area contributed by atoms with Crippen molar-refractivity contribution >= 4 is 67.5 Å². The molecule has 0 aromatic rings. The van der Waals surface area contributed by atoms with E-state index in [1.807, 2.05) is 0 Å². The summed E-state index contributed by atoms with van der Waals surface area (Å²) in [5, 5.41) is 0. The Hall–Kier alpha value is 1.75. The predicted octanol–water partition coefficient (Wildman–Crippen LogP) is 1.11. The van der Waals surface area contributed by atoms with E-state index in [0.717, 1.165) is 0 Å². The SMILES string of the molecule is [H+].[H+].[H+].[H+].[H+].[H+].[H+].[H+].[H+].[H+].[S-2].[S-2].[S-2].[S-2].[S-2]. The minimum atomic E-state index is 0. The van der Waals surface area contributed by atoms with Crippen molar-refractivity contribution in [3.63, 3.8) is 0 Å². The van der Waals surface area contributed by atoms with Gasteiger partial charge in [-0.25, -0.2) is 0 Å². The van der Waals surface area contributed by atoms with Crippen LogP contribution in [0.5, 0.6) is 0 Å². The lowest BCUT2D eigenvalue weighted by molar-refractivity contribution is 7.36. The third-order valence-corrected chi connectivity index (χ3v) is 0. The molecular formula is H10S5. The molecule has 0 aliphatic heterocycles. The van der Waals surface area contributed by atoms with Gasteiger partial charge in [-0.1, -0.05) is 0 Å². The van der Waals surface area contributed by atoms with Crippen molar-refractivity contribution in [2.24, 2.45) is 0 Å². The van der Waals surface area contributed by atoms with Crippen LogP contribution in [-0.4, -0.2) is 0 Å². The van der Waals surface area contributed by atoms with Crippen LogP contribution < -0.4 is 0 Å². The molecular weight excluding hydrogens is 160 g/mol. The summed E-state index contributed by atoms with van der Waals surface area (Å²) in [4.78, 5) is 0. The van der Waals surface area contributed by atoms with E-state index < -0.39 is 0 Å². The quantitative estimate of drug-likeness (QED) is 0.511. The van der Waals surface area contributed by atoms with Gasteiger partial charge in [-0.2, -0.15) is 0 Å². The molecule has 0 spiro atoms. The minimum Gasteiger partial charge on any atom is -2.00 e. The van der Waals surface area contributed by atoms with Crippen molar-refractivity contribution in [1.29, 1.82) is 0 Å². The lowest BCUT2D eigenvalue weighted by atomic mass is 32.1. The van der Waals surface area contributed by atoms with E-state index in [1.165, 1.54) is 0 Å². The zero-order valence-electron chi connectivity index (χ0n) is 12.0. The van der Waals surface area contributed by atoms with Gasteiger partial charge in [-0.05, 0) is 0 Å². The largest absolute Gasteiger partial charge is 2.00 e. The van der Waals surface area contributed by atoms with Gasteiger partial charge in [-0.3, -0.25) is 0 Å². The van der Waals surface area contributed by atoms with E-state index >= 15 is 0 Å². The first-order valence-electron chi connectivity index (χ1n) is 0. The van der Waals surface area contributed by atoms with Crippen molar-refractivity contribution in [1.82, 2.24) is 0 Å². The fourth-order valence-corrected chi connectivity index (χ4v) is 0. The van der Waals surface area contributed by atoms with Crippen LogP contribution in [0.1, 0.15) is 14.3 Å². The second-order valence-electron chi connectivity index (χ2n) is 0. The van der Waals surface area contributed by atoms with Gasteiger partial charge in [-0.15, -0.1) is 0 Å². The molecule has 0 aromatic carbocycles. The summed E-state index contributed by atoms with van der Waals surface area (Å²) in [5.41, 5.74) is 0. The number of rotatable bonds is 0. The van der Waals surface area contributed by atoms with Gasteiger partial charge < -0.3 is 67.5 Å². The molecule has 0 radical (unpaired) electrons. The Bertz CT molecular complexity index is 13.8. The number of hydrogen-bond acceptors (Lipinski definition) is 0. The molecule has 0 fully saturated rings. The highest BCUT2D eigenvalue weighted by Crippen LogP contribution is 0.00160. The van der Waals surface area contributed by atoms with Crippen LogP contribution in [-0.2, 0) is 67.5 Å². The highest BCUT2D eigenvalue weighted by molar-refractivity contribution is 7.37. The van der Waals surface area contributed by atoms with Crippen molar-refractivity contribution in [3.8, 4) is 0 Å². The maximum absolute atomic E-state index is 0. The molecule has 0 unspecified atom stereocenters. The van der Waals surface area contributed by atoms with Crippen LogP contribution in [0.25, 0.3) is 0 Å². The first-order chi connectivity index (χ1) is 0. The molecule has 0 saturated carbocycles. The van der Waals surface area contributed by atoms with Crippen molar-refractivity contribution in [2.45, 2.75) is 0 Å². The van der Waals surface area contributed by atoms with Gasteiger partial charge in [0.05, 0.1) is 0 Å². The van der Waals surface area contributed by atoms with Gasteiger partial charge in [0.25, 0.3) is 0 Å². The molecule has 0 aliphatic carbocycles. The van der Waals surface area contributed by atoms with Crippen LogP contribution in [0.3, 0.4) is 0 Å². The molecule has 0 N–H and O–H groups in total. The molecule has 40 valence electrons. The van der Waals surface area contributed by atoms with Crippen molar-refractivity contribution < 1.29 is 14.3 Å². The van der Waals surface area contributed by atoms with E-state index in [-0.39, 0.29) is 81.7 Å². The molecule has 0 atom stereocenters. The van der Waals surface area contributed by atoms with E-state index in [1.54, 1.807) is 0 Å². The fourth-order valence-electron chi connectivity index (χ4n) is 0. The molecule has 0 saturated heterocycles. The van der Waals surface area contributed by atoms with Gasteiger partial charge in [0.15, 0.2) is 0 Å². The number of hydrogen-bond donors (Lipinski definition) is 0. The van der Waals surface area contributed by atoms with E-state index in [0.29, 0.717) is 0 Å². The Labute approximate surface area is 82.2 Å². The molecule has 0 nitrogen and oxygen atoms in total. The average Bonchev–Trinajstić information content (AvgIpc) is 0. The average molecular weight is 170 g/mol. The summed E-state index contributed by atoms with van der Waals surface area (Å²) in [7, 11) is 0. The summed E-state index contributed by atoms with van der Waals surface area (Å²) >= 11 is 0. The zero-order chi connectivity index (χ0) is 0. The molecule has 5 heavy (non-hydrogen) atoms. The monoisotopic (exact) mass is 170 g/mol. The minimum absolute atomic E-state index is 0. The second kappa shape index (κ2) is 42.4. The van der Waals surface area contributed by atoms with Crippen LogP contribution in [0.15, 0.2) is 0 Å². The van der Waals surface area contributed by atoms with Gasteiger partial charge in [0.2, 0.25) is 0 Å². The molecule has 0 heterocycles. The normalized spacial score (nSPS) is 0. The molecule has 0 aliphatic rings. The third-order valence-electron chi connectivity index (χ3n) is 0. The van der Waals surface area contributed by atoms with E-state index in [4.69, 9.17) is 0 Å². The summed E-state index contributed by atoms with van der Waals surface area (Å²) in [6.45, 7) is 0. The van der Waals surface area contributed by atoms with Crippen LogP contribution >= 0.6 is 0 Å². The van der Waals surface area contributed by atoms with Gasteiger partial charge in [0, 0.05) is 0 Å². The van der Waals surface area contributed by atoms with Gasteiger partial charge >= 0.3 is 14.3 Å². The lowest BCUT2D eigenvalue weighted by Gasteiger charge is -2.00. The summed E-state index contributed by atoms with van der Waals surface area (Å²) in [5.74, 6) is 0. The zero-order valence-corrected chi connectivity index (χ0v) is 6.12. The van der Waals surface area contributed by atoms with E-state index in [9.17, 15) is 0 Å². The summed E-state index contributed by atoms with van der Waals surface area (Å²) < 4.78 is 0. The summed E-state index contributed by atoms with van der Waals surface area (Å²) in [6.07, 6.45) is 0. The van der Waals surface area contributed by atoms with E-state index in [2.05, 4.69) is 0 Å². The smallest absolute Gasteiger partial charge is 1.00 e. The van der Waals surface area contributed by atoms with Crippen LogP contribution in [0.4, 0.5) is 0 Å². The second-order valence-corrected chi connectivity index (χ2v) is 0. The topological polar surface area (TPSA) is 0 Å².